The predicted octanol–water partition coefficient (Wildman–Crippen LogP) is 9.89. The fourth-order valence-corrected chi connectivity index (χ4v) is 20.6. The van der Waals surface area contributed by atoms with Crippen molar-refractivity contribution in [2.24, 2.45) is 0 Å². The van der Waals surface area contributed by atoms with E-state index in [4.69, 9.17) is 44.0 Å². The highest BCUT2D eigenvalue weighted by Gasteiger charge is 2.42. The molecule has 6 aromatic carbocycles. The van der Waals surface area contributed by atoms with Crippen LogP contribution in [0.25, 0.3) is 22.0 Å². The highest BCUT2D eigenvalue weighted by Crippen LogP contribution is 2.47. The summed E-state index contributed by atoms with van der Waals surface area (Å²) >= 11 is 0. The molecule has 0 bridgehead atoms. The average molecular weight is 1900 g/mol. The van der Waals surface area contributed by atoms with Crippen LogP contribution in [-0.2, 0) is 91.8 Å². The number of hydrogen-bond donors (Lipinski definition) is 13. The number of nitrogens with one attached hydrogen (secondary N) is 13. The van der Waals surface area contributed by atoms with Crippen LogP contribution < -0.4 is 71.5 Å². The Morgan fingerprint density at radius 3 is 1.63 bits per heavy atom. The summed E-state index contributed by atoms with van der Waals surface area (Å²) in [5.41, 5.74) is 7.44. The number of guanidine groups is 2. The van der Waals surface area contributed by atoms with Gasteiger partial charge in [0.2, 0.25) is 53.3 Å². The number of sulfonamides is 2. The van der Waals surface area contributed by atoms with Gasteiger partial charge < -0.3 is 85.9 Å². The maximum atomic E-state index is 15.4. The predicted molar refractivity (Wildman–Crippen MR) is 510 cm³/mol. The molecular weight excluding hydrogens is 1770 g/mol. The molecule has 1 aliphatic carbocycles. The van der Waals surface area contributed by atoms with Crippen molar-refractivity contribution >= 4 is 96.4 Å². The number of para-hydroxylation sites is 1. The molecule has 8 amide bonds. The molecule has 4 aliphatic rings. The van der Waals surface area contributed by atoms with Gasteiger partial charge in [-0.1, -0.05) is 78.9 Å². The lowest BCUT2D eigenvalue weighted by Gasteiger charge is -2.35. The van der Waals surface area contributed by atoms with Gasteiger partial charge in [0.25, 0.3) is 20.0 Å². The Morgan fingerprint density at radius 2 is 1.09 bits per heavy atom. The van der Waals surface area contributed by atoms with E-state index in [0.717, 1.165) is 33.4 Å². The summed E-state index contributed by atoms with van der Waals surface area (Å²) in [7, 11) is -8.81. The zero-order valence-electron chi connectivity index (χ0n) is 80.4. The quantitative estimate of drug-likeness (QED) is 0.00972. The van der Waals surface area contributed by atoms with E-state index in [1.807, 2.05) is 84.9 Å². The normalized spacial score (nSPS) is 16.3. The maximum Gasteiger partial charge on any atom is 0.419 e. The van der Waals surface area contributed by atoms with Gasteiger partial charge >= 0.3 is 12.2 Å². The molecule has 1 saturated heterocycles. The molecule has 1 unspecified atom stereocenters. The van der Waals surface area contributed by atoms with Crippen LogP contribution in [-0.4, -0.2) is 210 Å². The van der Waals surface area contributed by atoms with Crippen LogP contribution in [0, 0.1) is 52.4 Å². The van der Waals surface area contributed by atoms with E-state index in [9.17, 15) is 45.6 Å². The summed E-state index contributed by atoms with van der Waals surface area (Å²) in [5.74, 6) is -5.32. The first-order chi connectivity index (χ1) is 63.5. The van der Waals surface area contributed by atoms with Crippen molar-refractivity contribution < 1.29 is 93.1 Å². The number of amides is 8. The molecule has 730 valence electrons. The highest BCUT2D eigenvalue weighted by atomic mass is 32.2. The monoisotopic (exact) mass is 1900 g/mol. The summed E-state index contributed by atoms with van der Waals surface area (Å²) in [4.78, 5) is 131. The number of ether oxygens (including phenoxy) is 7. The average Bonchev–Trinajstić information content (AvgIpc) is 1.60. The van der Waals surface area contributed by atoms with Crippen molar-refractivity contribution in [1.82, 2.24) is 66.8 Å². The van der Waals surface area contributed by atoms with Gasteiger partial charge in [0, 0.05) is 68.6 Å². The number of carbonyl (C=O) groups is 9. The van der Waals surface area contributed by atoms with E-state index in [1.165, 1.54) is 17.7 Å². The molecule has 1 aromatic heterocycles. The van der Waals surface area contributed by atoms with Crippen molar-refractivity contribution in [3.8, 4) is 28.4 Å². The molecule has 0 saturated carbocycles. The lowest BCUT2D eigenvalue weighted by molar-refractivity contribution is -0.135. The molecular formula is C98H131N15O20S2. The Hall–Kier alpha value is -12.4. The Bertz CT molecular complexity index is 5840. The summed E-state index contributed by atoms with van der Waals surface area (Å²) in [5, 5.41) is 42.6. The molecule has 13 N–H and O–H groups in total. The lowest BCUT2D eigenvalue weighted by Crippen LogP contribution is -2.57. The van der Waals surface area contributed by atoms with Gasteiger partial charge in [-0.2, -0.15) is 0 Å². The SMILES string of the molecule is CC(=O)N[C@H](C(=O)N[C@@H](Cc1ccc(OC(C)(C)C)cc1)C(=O)N[C@@H](CCCNC(=N)NS(=O)(=O)c1c(C)c(C)c2c(c1C)CCC(C)(C)O2)C(=O)NCC(=O)N[C@@H](CCCNC(=N)NS(=O)(=O)c1c(C)c(C)c2c(c1C)CCC(C)(C)O2)C(=O)N[C@H]1CC(C)N(CCOCCOCCNC(=O)OCC2c3ccccc3-c3ccccc32)C1=O)c1cn(C(=O)OC(C)(C)C)c2ccccc12. The van der Waals surface area contributed by atoms with E-state index in [0.29, 0.717) is 92.8 Å². The van der Waals surface area contributed by atoms with Gasteiger partial charge in [-0.25, -0.2) is 35.9 Å². The van der Waals surface area contributed by atoms with Crippen molar-refractivity contribution in [1.29, 1.82) is 10.8 Å². The largest absolute Gasteiger partial charge is 0.488 e. The van der Waals surface area contributed by atoms with E-state index < -0.39 is 151 Å². The zero-order chi connectivity index (χ0) is 98.6. The number of benzene rings is 6. The Kier molecular flexibility index (Phi) is 33.3. The van der Waals surface area contributed by atoms with E-state index in [-0.39, 0.29) is 119 Å². The highest BCUT2D eigenvalue weighted by molar-refractivity contribution is 7.90. The number of aromatic nitrogens is 1. The molecule has 0 radical (unpaired) electrons. The molecule has 4 heterocycles. The number of carbonyl (C=O) groups excluding carboxylic acids is 9. The van der Waals surface area contributed by atoms with Gasteiger partial charge in [-0.3, -0.25) is 48.9 Å². The first kappa shape index (κ1) is 103. The minimum absolute atomic E-state index is 0.00296. The Labute approximate surface area is 790 Å². The first-order valence-electron chi connectivity index (χ1n) is 45.8. The van der Waals surface area contributed by atoms with Crippen LogP contribution >= 0.6 is 0 Å². The third-order valence-corrected chi connectivity index (χ3v) is 27.6. The standard InChI is InChI=1S/C98H131N15O20S2/c1-56-51-78(90(120)112(56)46-48-128-50-49-127-47-45-103-93(121)129-55-74-70-29-21-19-27-68(70)69-28-20-22-30-71(69)74)109-87(117)76(33-26-44-102-92(100)111-135(125,126)85-60(5)58(3)83-67(62(85)7)40-42-98(17,18)132-83)106-80(115)53-104-86(116)75(32-25-43-101-91(99)110-134(123,124)84-59(4)57(2)82-66(61(84)6)39-41-97(15,16)131-82)107-88(118)77(52-64-35-37-65(38-36-64)130-95(9,10)11)108-89(119)81(105-63(8)114)73-54-113(94(122)133-96(12,13)14)79-34-24-23-31-72(73)79/h19-24,27-31,34-38,54,56,74-78,81H,25-26,32-33,39-53,55H2,1-18H3,(H,103,121)(H,104,116)(H,105,114)(H,106,115)(H,107,118)(H,108,119)(H,109,117)(H3,99,101,110)(H3,100,102,111)/t56?,75-,76-,77-,78-,81-/m0/s1. The molecule has 1 fully saturated rings. The fraction of sp³-hybridized carbons (Fsp3) is 0.500. The summed E-state index contributed by atoms with van der Waals surface area (Å²) < 4.78 is 105. The first-order valence-corrected chi connectivity index (χ1v) is 48.7. The fourth-order valence-electron chi connectivity index (χ4n) is 17.5. The maximum absolute atomic E-state index is 15.4. The number of alkyl carbamates (subject to hydrolysis) is 1. The van der Waals surface area contributed by atoms with Crippen LogP contribution in [0.3, 0.4) is 0 Å². The molecule has 11 rings (SSSR count). The molecule has 3 aliphatic heterocycles. The van der Waals surface area contributed by atoms with Crippen LogP contribution in [0.4, 0.5) is 9.59 Å². The van der Waals surface area contributed by atoms with Crippen LogP contribution in [0.15, 0.2) is 113 Å². The Morgan fingerprint density at radius 1 is 0.570 bits per heavy atom. The minimum Gasteiger partial charge on any atom is -0.488 e. The van der Waals surface area contributed by atoms with Crippen LogP contribution in [0.5, 0.6) is 17.2 Å². The molecule has 7 aromatic rings. The molecule has 35 nitrogen and oxygen atoms in total. The van der Waals surface area contributed by atoms with Crippen LogP contribution in [0.1, 0.15) is 207 Å². The summed E-state index contributed by atoms with van der Waals surface area (Å²) in [6.07, 6.45) is 1.69. The Balaban J connectivity index is 0.788. The summed E-state index contributed by atoms with van der Waals surface area (Å²) in [6.45, 7) is 31.6. The van der Waals surface area contributed by atoms with Crippen molar-refractivity contribution in [3.05, 3.63) is 170 Å². The van der Waals surface area contributed by atoms with Crippen molar-refractivity contribution in [2.45, 2.75) is 263 Å². The molecule has 37 heteroatoms. The molecule has 0 spiro atoms. The zero-order valence-corrected chi connectivity index (χ0v) is 82.0. The van der Waals surface area contributed by atoms with Gasteiger partial charge in [-0.15, -0.1) is 0 Å². The number of nitrogens with zero attached hydrogens (tertiary/aromatic N) is 2. The smallest absolute Gasteiger partial charge is 0.419 e. The van der Waals surface area contributed by atoms with Crippen molar-refractivity contribution in [2.75, 3.05) is 65.8 Å². The van der Waals surface area contributed by atoms with E-state index >= 15 is 14.4 Å². The van der Waals surface area contributed by atoms with Crippen molar-refractivity contribution in [3.63, 3.8) is 0 Å². The van der Waals surface area contributed by atoms with Gasteiger partial charge in [0.1, 0.15) is 76.5 Å². The third kappa shape index (κ3) is 26.4. The van der Waals surface area contributed by atoms with E-state index in [2.05, 4.69) is 69.4 Å². The second kappa shape index (κ2) is 43.5. The molecule has 135 heavy (non-hydrogen) atoms. The third-order valence-electron chi connectivity index (χ3n) is 24.4. The number of fused-ring (bicyclic) bond motifs is 6. The van der Waals surface area contributed by atoms with E-state index in [1.54, 1.807) is 123 Å². The lowest BCUT2D eigenvalue weighted by atomic mass is 9.88. The number of rotatable bonds is 38. The minimum atomic E-state index is -4.43. The number of likely N-dealkylation sites (tertiary alicyclic amines) is 1. The van der Waals surface area contributed by atoms with Gasteiger partial charge in [-0.05, 0) is 266 Å². The number of hydrogen-bond acceptors (Lipinski definition) is 22. The topological polar surface area (TPSA) is 475 Å². The van der Waals surface area contributed by atoms with Gasteiger partial charge in [0.15, 0.2) is 0 Å². The molecule has 6 atom stereocenters. The second-order valence-electron chi connectivity index (χ2n) is 38.1. The summed E-state index contributed by atoms with van der Waals surface area (Å²) in [6, 6.07) is 21.7. The second-order valence-corrected chi connectivity index (χ2v) is 41.3. The van der Waals surface area contributed by atoms with Gasteiger partial charge in [0.05, 0.1) is 48.3 Å². The van der Waals surface area contributed by atoms with Crippen LogP contribution in [0.2, 0.25) is 0 Å².